The van der Waals surface area contributed by atoms with Gasteiger partial charge in [0.2, 0.25) is 0 Å². The first-order valence-electron chi connectivity index (χ1n) is 7.08. The number of nitrogens with zero attached hydrogens (tertiary/aromatic N) is 2. The lowest BCUT2D eigenvalue weighted by atomic mass is 10.1. The van der Waals surface area contributed by atoms with E-state index in [-0.39, 0.29) is 17.6 Å². The lowest BCUT2D eigenvalue weighted by Gasteiger charge is -2.16. The van der Waals surface area contributed by atoms with Gasteiger partial charge in [0.25, 0.3) is 5.56 Å². The van der Waals surface area contributed by atoms with Crippen LogP contribution in [0.15, 0.2) is 11.0 Å². The number of unbranched alkanes of at least 4 members (excludes halogenated alkanes) is 2. The number of hydrogen-bond acceptors (Lipinski definition) is 5. The van der Waals surface area contributed by atoms with Crippen LogP contribution in [0.4, 0.5) is 5.69 Å². The molecule has 1 aromatic heterocycles. The molecule has 1 aromatic rings. The largest absolute Gasteiger partial charge is 0.468 e. The Morgan fingerprint density at radius 2 is 2.24 bits per heavy atom. The van der Waals surface area contributed by atoms with Crippen molar-refractivity contribution in [3.8, 4) is 0 Å². The molecule has 118 valence electrons. The molecule has 0 aliphatic heterocycles. The SMILES string of the molecule is CCCCCC(C)Nc1cnn(CC(=O)OC)c(=O)c1Cl. The Hall–Kier alpha value is -1.56. The van der Waals surface area contributed by atoms with Gasteiger partial charge in [-0.25, -0.2) is 4.68 Å². The van der Waals surface area contributed by atoms with Gasteiger partial charge in [-0.15, -0.1) is 0 Å². The van der Waals surface area contributed by atoms with Crippen LogP contribution in [0.25, 0.3) is 0 Å². The number of anilines is 1. The monoisotopic (exact) mass is 315 g/mol. The van der Waals surface area contributed by atoms with E-state index in [1.54, 1.807) is 0 Å². The van der Waals surface area contributed by atoms with Crippen molar-refractivity contribution in [3.63, 3.8) is 0 Å². The van der Waals surface area contributed by atoms with E-state index < -0.39 is 11.5 Å². The number of aromatic nitrogens is 2. The molecule has 21 heavy (non-hydrogen) atoms. The minimum atomic E-state index is -0.547. The molecule has 1 atom stereocenters. The van der Waals surface area contributed by atoms with Gasteiger partial charge in [-0.1, -0.05) is 37.8 Å². The molecule has 1 rings (SSSR count). The predicted octanol–water partition coefficient (Wildman–Crippen LogP) is 2.45. The normalized spacial score (nSPS) is 12.0. The highest BCUT2D eigenvalue weighted by Crippen LogP contribution is 2.18. The first-order chi connectivity index (χ1) is 9.99. The van der Waals surface area contributed by atoms with Crippen LogP contribution in [0.3, 0.4) is 0 Å². The highest BCUT2D eigenvalue weighted by molar-refractivity contribution is 6.32. The Morgan fingerprint density at radius 1 is 1.52 bits per heavy atom. The summed E-state index contributed by atoms with van der Waals surface area (Å²) in [7, 11) is 1.25. The fourth-order valence-corrected chi connectivity index (χ4v) is 2.10. The highest BCUT2D eigenvalue weighted by Gasteiger charge is 2.13. The van der Waals surface area contributed by atoms with Gasteiger partial charge < -0.3 is 10.1 Å². The van der Waals surface area contributed by atoms with E-state index in [1.807, 2.05) is 6.92 Å². The van der Waals surface area contributed by atoms with Crippen LogP contribution in [0.2, 0.25) is 5.02 Å². The van der Waals surface area contributed by atoms with Gasteiger partial charge in [0.05, 0.1) is 19.0 Å². The number of methoxy groups -OCH3 is 1. The van der Waals surface area contributed by atoms with Crippen molar-refractivity contribution in [3.05, 3.63) is 21.6 Å². The summed E-state index contributed by atoms with van der Waals surface area (Å²) in [5.74, 6) is -0.547. The zero-order chi connectivity index (χ0) is 15.8. The smallest absolute Gasteiger partial charge is 0.327 e. The summed E-state index contributed by atoms with van der Waals surface area (Å²) in [5, 5.41) is 7.15. The Bertz CT molecular complexity index is 531. The molecule has 1 N–H and O–H groups in total. The molecule has 1 heterocycles. The van der Waals surface area contributed by atoms with Crippen LogP contribution in [-0.4, -0.2) is 28.9 Å². The molecule has 0 amide bonds. The number of carbonyl (C=O) groups excluding carboxylic acids is 1. The van der Waals surface area contributed by atoms with E-state index in [0.717, 1.165) is 17.5 Å². The molecule has 0 radical (unpaired) electrons. The molecule has 7 heteroatoms. The molecule has 0 spiro atoms. The third-order valence-corrected chi connectivity index (χ3v) is 3.50. The summed E-state index contributed by atoms with van der Waals surface area (Å²) in [6, 6.07) is 0.201. The van der Waals surface area contributed by atoms with Crippen LogP contribution in [0.5, 0.6) is 0 Å². The summed E-state index contributed by atoms with van der Waals surface area (Å²) in [6.45, 7) is 3.94. The second-order valence-electron chi connectivity index (χ2n) is 4.95. The zero-order valence-corrected chi connectivity index (χ0v) is 13.4. The van der Waals surface area contributed by atoms with Crippen molar-refractivity contribution < 1.29 is 9.53 Å². The number of rotatable bonds is 8. The van der Waals surface area contributed by atoms with E-state index in [1.165, 1.54) is 26.1 Å². The van der Waals surface area contributed by atoms with Crippen molar-refractivity contribution in [2.75, 3.05) is 12.4 Å². The maximum atomic E-state index is 12.0. The van der Waals surface area contributed by atoms with E-state index >= 15 is 0 Å². The molecule has 0 fully saturated rings. The Labute approximate surface area is 129 Å². The standard InChI is InChI=1S/C14H22ClN3O3/c1-4-5-6-7-10(2)17-11-8-16-18(9-12(19)21-3)14(20)13(11)15/h8,10,17H,4-7,9H2,1-3H3. The molecule has 0 saturated heterocycles. The van der Waals surface area contributed by atoms with Crippen molar-refractivity contribution in [2.45, 2.75) is 52.1 Å². The summed E-state index contributed by atoms with van der Waals surface area (Å²) >= 11 is 6.04. The molecule has 0 bridgehead atoms. The molecule has 6 nitrogen and oxygen atoms in total. The quantitative estimate of drug-likeness (QED) is 0.589. The third-order valence-electron chi connectivity index (χ3n) is 3.13. The van der Waals surface area contributed by atoms with Gasteiger partial charge in [-0.05, 0) is 13.3 Å². The van der Waals surface area contributed by atoms with Crippen molar-refractivity contribution >= 4 is 23.3 Å². The lowest BCUT2D eigenvalue weighted by Crippen LogP contribution is -2.29. The Balaban J connectivity index is 2.75. The molecule has 0 aliphatic carbocycles. The average Bonchev–Trinajstić information content (AvgIpc) is 2.47. The molecular formula is C14H22ClN3O3. The molecule has 0 saturated carbocycles. The Morgan fingerprint density at radius 3 is 2.86 bits per heavy atom. The minimum Gasteiger partial charge on any atom is -0.468 e. The van der Waals surface area contributed by atoms with E-state index in [2.05, 4.69) is 22.1 Å². The van der Waals surface area contributed by atoms with Gasteiger partial charge in [-0.3, -0.25) is 9.59 Å². The summed E-state index contributed by atoms with van der Waals surface area (Å²) in [5.41, 5.74) is -0.0143. The maximum absolute atomic E-state index is 12.0. The second kappa shape index (κ2) is 8.67. The molecule has 1 unspecified atom stereocenters. The van der Waals surface area contributed by atoms with Crippen molar-refractivity contribution in [1.29, 1.82) is 0 Å². The molecular weight excluding hydrogens is 294 g/mol. The van der Waals surface area contributed by atoms with Crippen LogP contribution in [0, 0.1) is 0 Å². The first kappa shape index (κ1) is 17.5. The molecule has 0 aromatic carbocycles. The van der Waals surface area contributed by atoms with Crippen molar-refractivity contribution in [2.24, 2.45) is 0 Å². The second-order valence-corrected chi connectivity index (χ2v) is 5.33. The van der Waals surface area contributed by atoms with E-state index in [0.29, 0.717) is 5.69 Å². The van der Waals surface area contributed by atoms with Crippen LogP contribution in [0.1, 0.15) is 39.5 Å². The van der Waals surface area contributed by atoms with Gasteiger partial charge in [0.1, 0.15) is 11.6 Å². The van der Waals surface area contributed by atoms with Gasteiger partial charge in [0, 0.05) is 6.04 Å². The van der Waals surface area contributed by atoms with E-state index in [9.17, 15) is 9.59 Å². The van der Waals surface area contributed by atoms with Gasteiger partial charge >= 0.3 is 5.97 Å². The fourth-order valence-electron chi connectivity index (χ4n) is 1.90. The number of nitrogens with one attached hydrogen (secondary N) is 1. The summed E-state index contributed by atoms with van der Waals surface area (Å²) in [4.78, 5) is 23.2. The third kappa shape index (κ3) is 5.38. The zero-order valence-electron chi connectivity index (χ0n) is 12.7. The number of carbonyl (C=O) groups is 1. The number of halogens is 1. The number of ether oxygens (including phenoxy) is 1. The highest BCUT2D eigenvalue weighted by atomic mass is 35.5. The Kier molecular flexibility index (Phi) is 7.22. The topological polar surface area (TPSA) is 73.2 Å². The first-order valence-corrected chi connectivity index (χ1v) is 7.46. The predicted molar refractivity (Wildman–Crippen MR) is 82.7 cm³/mol. The maximum Gasteiger partial charge on any atom is 0.327 e. The average molecular weight is 316 g/mol. The van der Waals surface area contributed by atoms with Crippen molar-refractivity contribution in [1.82, 2.24) is 9.78 Å². The van der Waals surface area contributed by atoms with Gasteiger partial charge in [-0.2, -0.15) is 5.10 Å². The number of esters is 1. The van der Waals surface area contributed by atoms with E-state index in [4.69, 9.17) is 11.6 Å². The fraction of sp³-hybridized carbons (Fsp3) is 0.643. The van der Waals surface area contributed by atoms with Gasteiger partial charge in [0.15, 0.2) is 0 Å². The minimum absolute atomic E-state index is 0.0382. The van der Waals surface area contributed by atoms with Crippen LogP contribution < -0.4 is 10.9 Å². The number of hydrogen-bond donors (Lipinski definition) is 1. The molecule has 0 aliphatic rings. The summed E-state index contributed by atoms with van der Waals surface area (Å²) < 4.78 is 5.49. The lowest BCUT2D eigenvalue weighted by molar-refractivity contribution is -0.141. The van der Waals surface area contributed by atoms with Crippen LogP contribution >= 0.6 is 11.6 Å². The van der Waals surface area contributed by atoms with Crippen LogP contribution in [-0.2, 0) is 16.1 Å². The summed E-state index contributed by atoms with van der Waals surface area (Å²) in [6.07, 6.45) is 5.92.